The molecule has 6 heteroatoms. The van der Waals surface area contributed by atoms with Gasteiger partial charge in [0.05, 0.1) is 24.2 Å². The van der Waals surface area contributed by atoms with Gasteiger partial charge in [0, 0.05) is 12.7 Å². The van der Waals surface area contributed by atoms with Gasteiger partial charge in [0.25, 0.3) is 0 Å². The lowest BCUT2D eigenvalue weighted by Crippen LogP contribution is -3.00. The molecule has 3 fully saturated rings. The summed E-state index contributed by atoms with van der Waals surface area (Å²) in [5, 5.41) is 12.3. The lowest BCUT2D eigenvalue weighted by molar-refractivity contribution is -0.00000951. The molecule has 0 saturated heterocycles. The number of phenols is 1. The van der Waals surface area contributed by atoms with E-state index >= 15 is 0 Å². The smallest absolute Gasteiger partial charge is 0.224 e. The van der Waals surface area contributed by atoms with Crippen LogP contribution in [0, 0.1) is 0 Å². The van der Waals surface area contributed by atoms with Crippen LogP contribution in [-0.2, 0) is 4.43 Å². The molecule has 1 N–H and O–H groups in total. The van der Waals surface area contributed by atoms with Crippen molar-refractivity contribution in [1.29, 1.82) is 0 Å². The maximum atomic E-state index is 10.9. The molecule has 1 aromatic rings. The van der Waals surface area contributed by atoms with E-state index in [0.717, 1.165) is 29.3 Å². The van der Waals surface area contributed by atoms with Crippen molar-refractivity contribution in [2.75, 3.05) is 12.8 Å². The molecular formula is C29H50BrO3PSi. The number of benzene rings is 1. The minimum Gasteiger partial charge on any atom is -1.00 e. The van der Waals surface area contributed by atoms with Crippen molar-refractivity contribution >= 4 is 20.9 Å². The van der Waals surface area contributed by atoms with Crippen LogP contribution in [0.4, 0.5) is 0 Å². The number of hydrogen-bond donors (Lipinski definition) is 1. The van der Waals surface area contributed by atoms with Crippen LogP contribution in [0.2, 0.25) is 13.1 Å². The van der Waals surface area contributed by atoms with Gasteiger partial charge in [0.1, 0.15) is 17.3 Å². The summed E-state index contributed by atoms with van der Waals surface area (Å²) in [7, 11) is -3.42. The standard InChI is InChI=1S/C29H49O3PSi.BrH/c1-4-32-34(2,3)23-31-28-21-20-24(30)22-29(28)33(25-14-8-5-9-15-25,26-16-10-6-11-17-26)27-18-12-7-13-19-27;/h20-22,25-27H,4-19,23H2,1-3H3;1H. The zero-order valence-electron chi connectivity index (χ0n) is 22.6. The largest absolute Gasteiger partial charge is 1.00 e. The fraction of sp³-hybridized carbons (Fsp3) is 0.793. The minimum atomic E-state index is -1.87. The molecule has 0 radical (unpaired) electrons. The monoisotopic (exact) mass is 584 g/mol. The van der Waals surface area contributed by atoms with Gasteiger partial charge in [-0.3, -0.25) is 0 Å². The fourth-order valence-corrected chi connectivity index (χ4v) is 16.5. The van der Waals surface area contributed by atoms with E-state index < -0.39 is 15.6 Å². The van der Waals surface area contributed by atoms with Crippen molar-refractivity contribution in [2.45, 2.75) is 133 Å². The van der Waals surface area contributed by atoms with E-state index in [1.807, 2.05) is 6.07 Å². The van der Waals surface area contributed by atoms with Crippen LogP contribution >= 0.6 is 7.26 Å². The molecule has 0 bridgehead atoms. The Bertz CT molecular complexity index is 726. The Labute approximate surface area is 227 Å². The summed E-state index contributed by atoms with van der Waals surface area (Å²) in [5.74, 6) is 1.53. The van der Waals surface area contributed by atoms with Gasteiger partial charge in [-0.25, -0.2) is 0 Å². The van der Waals surface area contributed by atoms with Gasteiger partial charge in [-0.2, -0.15) is 0 Å². The van der Waals surface area contributed by atoms with Gasteiger partial charge in [0.2, 0.25) is 8.32 Å². The summed E-state index contributed by atoms with van der Waals surface area (Å²) in [4.78, 5) is 0. The molecule has 4 rings (SSSR count). The summed E-state index contributed by atoms with van der Waals surface area (Å²) >= 11 is 0. The Morgan fingerprint density at radius 2 is 1.26 bits per heavy atom. The van der Waals surface area contributed by atoms with Crippen LogP contribution < -0.4 is 27.0 Å². The number of halogens is 1. The Morgan fingerprint density at radius 3 is 1.69 bits per heavy atom. The Morgan fingerprint density at radius 1 is 0.800 bits per heavy atom. The van der Waals surface area contributed by atoms with E-state index in [9.17, 15) is 5.11 Å². The molecule has 35 heavy (non-hydrogen) atoms. The molecule has 0 atom stereocenters. The van der Waals surface area contributed by atoms with Crippen molar-refractivity contribution in [2.24, 2.45) is 0 Å². The summed E-state index contributed by atoms with van der Waals surface area (Å²) in [6.07, 6.45) is 21.7. The fourth-order valence-electron chi connectivity index (χ4n) is 7.62. The lowest BCUT2D eigenvalue weighted by Gasteiger charge is -2.49. The van der Waals surface area contributed by atoms with E-state index in [1.165, 1.54) is 102 Å². The third kappa shape index (κ3) is 6.87. The third-order valence-corrected chi connectivity index (χ3v) is 17.3. The number of aromatic hydroxyl groups is 1. The maximum absolute atomic E-state index is 10.9. The van der Waals surface area contributed by atoms with E-state index in [-0.39, 0.29) is 17.0 Å². The second-order valence-electron chi connectivity index (χ2n) is 11.8. The second kappa shape index (κ2) is 13.6. The SMILES string of the molecule is CCO[Si](C)(C)COc1ccc(O)cc1[P+](C1CCCCC1)(C1CCCCC1)C1CCCCC1.[Br-]. The van der Waals surface area contributed by atoms with Crippen LogP contribution in [0.25, 0.3) is 0 Å². The zero-order valence-corrected chi connectivity index (χ0v) is 26.1. The van der Waals surface area contributed by atoms with Gasteiger partial charge in [-0.15, -0.1) is 0 Å². The third-order valence-electron chi connectivity index (χ3n) is 9.01. The number of rotatable bonds is 9. The highest BCUT2D eigenvalue weighted by Crippen LogP contribution is 2.77. The van der Waals surface area contributed by atoms with Crippen LogP contribution in [0.15, 0.2) is 18.2 Å². The summed E-state index contributed by atoms with van der Waals surface area (Å²) < 4.78 is 12.9. The van der Waals surface area contributed by atoms with Gasteiger partial charge < -0.3 is 31.3 Å². The highest BCUT2D eigenvalue weighted by Gasteiger charge is 2.60. The predicted molar refractivity (Wildman–Crippen MR) is 150 cm³/mol. The molecule has 0 heterocycles. The molecule has 3 nitrogen and oxygen atoms in total. The van der Waals surface area contributed by atoms with E-state index in [1.54, 1.807) is 0 Å². The lowest BCUT2D eigenvalue weighted by atomic mass is 9.99. The molecule has 3 aliphatic carbocycles. The molecule has 0 aliphatic heterocycles. The average molecular weight is 586 g/mol. The Kier molecular flexibility index (Phi) is 11.5. The van der Waals surface area contributed by atoms with Crippen LogP contribution in [-0.4, -0.2) is 43.2 Å². The molecule has 3 saturated carbocycles. The highest BCUT2D eigenvalue weighted by molar-refractivity contribution is 7.85. The van der Waals surface area contributed by atoms with Crippen LogP contribution in [0.1, 0.15) is 103 Å². The zero-order chi connectivity index (χ0) is 24.0. The maximum Gasteiger partial charge on any atom is 0.224 e. The van der Waals surface area contributed by atoms with Crippen molar-refractivity contribution in [3.05, 3.63) is 18.2 Å². The highest BCUT2D eigenvalue weighted by atomic mass is 79.9. The van der Waals surface area contributed by atoms with Crippen molar-refractivity contribution in [3.63, 3.8) is 0 Å². The van der Waals surface area contributed by atoms with Crippen molar-refractivity contribution < 1.29 is 31.3 Å². The molecule has 1 aromatic carbocycles. The molecule has 0 spiro atoms. The van der Waals surface area contributed by atoms with E-state index in [4.69, 9.17) is 9.16 Å². The second-order valence-corrected chi connectivity index (χ2v) is 20.3. The van der Waals surface area contributed by atoms with E-state index in [0.29, 0.717) is 12.0 Å². The molecule has 3 aliphatic rings. The summed E-state index contributed by atoms with van der Waals surface area (Å²) in [6.45, 7) is 7.38. The predicted octanol–water partition coefficient (Wildman–Crippen LogP) is 5.20. The van der Waals surface area contributed by atoms with Gasteiger partial charge in [-0.1, -0.05) is 19.3 Å². The molecular weight excluding hydrogens is 535 g/mol. The first kappa shape index (κ1) is 29.5. The average Bonchev–Trinajstić information content (AvgIpc) is 2.86. The summed E-state index contributed by atoms with van der Waals surface area (Å²) in [6, 6.07) is 6.17. The van der Waals surface area contributed by atoms with Gasteiger partial charge >= 0.3 is 0 Å². The van der Waals surface area contributed by atoms with Crippen LogP contribution in [0.5, 0.6) is 11.5 Å². The number of phenolic OH excluding ortho intramolecular Hbond substituents is 1. The normalized spacial score (nSPS) is 21.5. The minimum absolute atomic E-state index is 0. The first-order chi connectivity index (χ1) is 16.5. The van der Waals surface area contributed by atoms with E-state index in [2.05, 4.69) is 32.2 Å². The molecule has 0 aromatic heterocycles. The van der Waals surface area contributed by atoms with Gasteiger partial charge in [0.15, 0.2) is 5.75 Å². The number of ether oxygens (including phenoxy) is 1. The quantitative estimate of drug-likeness (QED) is 0.320. The van der Waals surface area contributed by atoms with Crippen LogP contribution in [0.3, 0.4) is 0 Å². The molecule has 0 unspecified atom stereocenters. The Balaban J connectivity index is 0.00000342. The van der Waals surface area contributed by atoms with Crippen molar-refractivity contribution in [3.8, 4) is 11.5 Å². The first-order valence-electron chi connectivity index (χ1n) is 14.5. The Hall–Kier alpha value is -0.0931. The summed E-state index contributed by atoms with van der Waals surface area (Å²) in [5.41, 5.74) is 2.48. The van der Waals surface area contributed by atoms with Crippen molar-refractivity contribution in [1.82, 2.24) is 0 Å². The molecule has 0 amide bonds. The number of hydrogen-bond acceptors (Lipinski definition) is 3. The first-order valence-corrected chi connectivity index (χ1v) is 19.6. The molecule has 200 valence electrons. The van der Waals surface area contributed by atoms with Gasteiger partial charge in [-0.05, 0) is 109 Å². The topological polar surface area (TPSA) is 38.7 Å².